The lowest BCUT2D eigenvalue weighted by Crippen LogP contribution is -2.04. The fourth-order valence-electron chi connectivity index (χ4n) is 1.63. The highest BCUT2D eigenvalue weighted by atomic mass is 32.2. The molecule has 2 aromatic rings. The lowest BCUT2D eigenvalue weighted by Gasteiger charge is -2.13. The molecule has 1 atom stereocenters. The Morgan fingerprint density at radius 2 is 1.84 bits per heavy atom. The van der Waals surface area contributed by atoms with E-state index in [1.165, 1.54) is 23.9 Å². The number of alkyl halides is 3. The second-order valence-corrected chi connectivity index (χ2v) is 5.51. The van der Waals surface area contributed by atoms with Gasteiger partial charge in [-0.3, -0.25) is 0 Å². The maximum absolute atomic E-state index is 12.5. The van der Waals surface area contributed by atoms with E-state index in [1.807, 2.05) is 24.7 Å². The van der Waals surface area contributed by atoms with Crippen LogP contribution < -0.4 is 0 Å². The Hall–Kier alpha value is -1.43. The summed E-state index contributed by atoms with van der Waals surface area (Å²) in [7, 11) is 1.88. The summed E-state index contributed by atoms with van der Waals surface area (Å²) in [6, 6.07) is 5.27. The molecule has 0 saturated heterocycles. The van der Waals surface area contributed by atoms with Gasteiger partial charge in [0.1, 0.15) is 0 Å². The fourth-order valence-corrected chi connectivity index (χ4v) is 2.59. The van der Waals surface area contributed by atoms with E-state index in [9.17, 15) is 13.2 Å². The van der Waals surface area contributed by atoms with Gasteiger partial charge in [0.25, 0.3) is 0 Å². The summed E-state index contributed by atoms with van der Waals surface area (Å²) in [6.45, 7) is 1.95. The number of hydrogen-bond acceptors (Lipinski definition) is 2. The smallest absolute Gasteiger partial charge is 0.329 e. The number of aromatic nitrogens is 2. The highest BCUT2D eigenvalue weighted by molar-refractivity contribution is 7.99. The summed E-state index contributed by atoms with van der Waals surface area (Å²) < 4.78 is 39.3. The number of hydrogen-bond donors (Lipinski definition) is 0. The van der Waals surface area contributed by atoms with Crippen LogP contribution in [0.2, 0.25) is 0 Å². The minimum Gasteiger partial charge on any atom is -0.329 e. The number of aryl methyl sites for hydroxylation is 1. The van der Waals surface area contributed by atoms with Gasteiger partial charge in [-0.2, -0.15) is 13.2 Å². The largest absolute Gasteiger partial charge is 0.416 e. The topological polar surface area (TPSA) is 17.8 Å². The minimum absolute atomic E-state index is 0.0448. The summed E-state index contributed by atoms with van der Waals surface area (Å²) in [5, 5.41) is 0.885. The quantitative estimate of drug-likeness (QED) is 0.783. The van der Waals surface area contributed by atoms with Gasteiger partial charge in [-0.1, -0.05) is 23.9 Å². The van der Waals surface area contributed by atoms with Crippen molar-refractivity contribution in [1.29, 1.82) is 0 Å². The highest BCUT2D eigenvalue weighted by Gasteiger charge is 2.30. The van der Waals surface area contributed by atoms with Gasteiger partial charge < -0.3 is 4.57 Å². The lowest BCUT2D eigenvalue weighted by molar-refractivity contribution is -0.137. The van der Waals surface area contributed by atoms with Crippen LogP contribution in [-0.4, -0.2) is 9.55 Å². The van der Waals surface area contributed by atoms with E-state index in [-0.39, 0.29) is 5.25 Å². The maximum Gasteiger partial charge on any atom is 0.416 e. The number of rotatable bonds is 3. The van der Waals surface area contributed by atoms with E-state index in [0.717, 1.165) is 22.9 Å². The molecule has 1 unspecified atom stereocenters. The summed E-state index contributed by atoms with van der Waals surface area (Å²) in [5.41, 5.74) is 0.228. The van der Waals surface area contributed by atoms with Crippen LogP contribution in [0, 0.1) is 0 Å². The van der Waals surface area contributed by atoms with Crippen molar-refractivity contribution in [3.05, 3.63) is 47.8 Å². The van der Waals surface area contributed by atoms with E-state index in [2.05, 4.69) is 4.98 Å². The van der Waals surface area contributed by atoms with E-state index in [4.69, 9.17) is 0 Å². The number of benzene rings is 1. The Balaban J connectivity index is 2.12. The molecule has 0 saturated carbocycles. The molecule has 2 nitrogen and oxygen atoms in total. The lowest BCUT2D eigenvalue weighted by atomic mass is 10.1. The molecule has 0 N–H and O–H groups in total. The van der Waals surface area contributed by atoms with Gasteiger partial charge in [-0.25, -0.2) is 4.98 Å². The first kappa shape index (κ1) is 14.0. The van der Waals surface area contributed by atoms with Crippen LogP contribution in [0.1, 0.15) is 23.3 Å². The standard InChI is InChI=1S/C13H13F3N2S/c1-9(19-12-17-7-8-18(12)2)10-3-5-11(6-4-10)13(14,15)16/h3-9H,1-2H3. The van der Waals surface area contributed by atoms with Gasteiger partial charge in [-0.15, -0.1) is 0 Å². The predicted molar refractivity (Wildman–Crippen MR) is 68.9 cm³/mol. The van der Waals surface area contributed by atoms with Gasteiger partial charge in [0.15, 0.2) is 5.16 Å². The summed E-state index contributed by atoms with van der Waals surface area (Å²) in [4.78, 5) is 4.18. The zero-order valence-corrected chi connectivity index (χ0v) is 11.3. The highest BCUT2D eigenvalue weighted by Crippen LogP contribution is 2.35. The van der Waals surface area contributed by atoms with Crippen LogP contribution in [0.25, 0.3) is 0 Å². The van der Waals surface area contributed by atoms with Crippen LogP contribution in [0.3, 0.4) is 0 Å². The molecule has 0 fully saturated rings. The number of halogens is 3. The Morgan fingerprint density at radius 3 is 2.32 bits per heavy atom. The van der Waals surface area contributed by atoms with Crippen molar-refractivity contribution in [1.82, 2.24) is 9.55 Å². The number of thioether (sulfide) groups is 1. The molecule has 19 heavy (non-hydrogen) atoms. The number of imidazole rings is 1. The van der Waals surface area contributed by atoms with E-state index in [1.54, 1.807) is 6.20 Å². The molecule has 0 aliphatic rings. The molecule has 2 rings (SSSR count). The maximum atomic E-state index is 12.5. The van der Waals surface area contributed by atoms with Crippen LogP contribution >= 0.6 is 11.8 Å². The molecule has 6 heteroatoms. The van der Waals surface area contributed by atoms with Gasteiger partial charge in [-0.05, 0) is 24.6 Å². The molecule has 0 bridgehead atoms. The van der Waals surface area contributed by atoms with Crippen molar-refractivity contribution in [2.45, 2.75) is 23.5 Å². The first-order valence-electron chi connectivity index (χ1n) is 5.69. The average molecular weight is 286 g/mol. The van der Waals surface area contributed by atoms with Crippen molar-refractivity contribution in [2.24, 2.45) is 7.05 Å². The van der Waals surface area contributed by atoms with Crippen molar-refractivity contribution in [3.63, 3.8) is 0 Å². The van der Waals surface area contributed by atoms with Gasteiger partial charge in [0, 0.05) is 24.7 Å². The molecule has 0 amide bonds. The molecule has 1 heterocycles. The van der Waals surface area contributed by atoms with E-state index >= 15 is 0 Å². The summed E-state index contributed by atoms with van der Waals surface area (Å²) in [6.07, 6.45) is -0.752. The zero-order valence-electron chi connectivity index (χ0n) is 10.5. The molecule has 1 aromatic heterocycles. The minimum atomic E-state index is -4.28. The third-order valence-electron chi connectivity index (χ3n) is 2.77. The monoisotopic (exact) mass is 286 g/mol. The van der Waals surface area contributed by atoms with E-state index < -0.39 is 11.7 Å². The van der Waals surface area contributed by atoms with Crippen molar-refractivity contribution in [3.8, 4) is 0 Å². The molecular formula is C13H13F3N2S. The molecule has 0 spiro atoms. The molecule has 0 radical (unpaired) electrons. The average Bonchev–Trinajstić information content (AvgIpc) is 2.74. The van der Waals surface area contributed by atoms with Crippen molar-refractivity contribution in [2.75, 3.05) is 0 Å². The molecular weight excluding hydrogens is 273 g/mol. The van der Waals surface area contributed by atoms with Gasteiger partial charge >= 0.3 is 6.18 Å². The summed E-state index contributed by atoms with van der Waals surface area (Å²) >= 11 is 1.51. The molecule has 102 valence electrons. The van der Waals surface area contributed by atoms with Gasteiger partial charge in [0.2, 0.25) is 0 Å². The predicted octanol–water partition coefficient (Wildman–Crippen LogP) is 4.29. The first-order valence-corrected chi connectivity index (χ1v) is 6.57. The van der Waals surface area contributed by atoms with Crippen molar-refractivity contribution >= 4 is 11.8 Å². The van der Waals surface area contributed by atoms with Crippen LogP contribution in [0.4, 0.5) is 13.2 Å². The number of nitrogens with zero attached hydrogens (tertiary/aromatic N) is 2. The third-order valence-corrected chi connectivity index (χ3v) is 4.00. The Morgan fingerprint density at radius 1 is 1.21 bits per heavy atom. The fraction of sp³-hybridized carbons (Fsp3) is 0.308. The molecule has 0 aliphatic carbocycles. The Kier molecular flexibility index (Phi) is 3.89. The second-order valence-electron chi connectivity index (χ2n) is 4.20. The van der Waals surface area contributed by atoms with E-state index in [0.29, 0.717) is 0 Å². The van der Waals surface area contributed by atoms with Gasteiger partial charge in [0.05, 0.1) is 5.56 Å². The third kappa shape index (κ3) is 3.32. The van der Waals surface area contributed by atoms with Crippen molar-refractivity contribution < 1.29 is 13.2 Å². The zero-order chi connectivity index (χ0) is 14.0. The van der Waals surface area contributed by atoms with Crippen LogP contribution in [-0.2, 0) is 13.2 Å². The Bertz CT molecular complexity index is 546. The second kappa shape index (κ2) is 5.28. The van der Waals surface area contributed by atoms with Crippen LogP contribution in [0.15, 0.2) is 41.8 Å². The molecule has 0 aliphatic heterocycles. The first-order chi connectivity index (χ1) is 8.88. The SMILES string of the molecule is CC(Sc1nccn1C)c1ccc(C(F)(F)F)cc1. The summed E-state index contributed by atoms with van der Waals surface area (Å²) in [5.74, 6) is 0. The van der Waals surface area contributed by atoms with Crippen LogP contribution in [0.5, 0.6) is 0 Å². The Labute approximate surface area is 113 Å². The molecule has 1 aromatic carbocycles. The normalized spacial score (nSPS) is 13.5.